The maximum atomic E-state index is 5.54. The lowest BCUT2D eigenvalue weighted by molar-refractivity contribution is 0.393. The topological polar surface area (TPSA) is 69.9 Å². The summed E-state index contributed by atoms with van der Waals surface area (Å²) in [5, 5.41) is 13.7. The SMILES string of the molecule is Cc1cc(CSc2nnc(-c3ccccc3C)n2Cc2ccco2)no1. The van der Waals surface area contributed by atoms with E-state index >= 15 is 0 Å². The fraction of sp³-hybridized carbons (Fsp3) is 0.211. The number of thioether (sulfide) groups is 1. The van der Waals surface area contributed by atoms with Crippen molar-refractivity contribution < 1.29 is 8.94 Å². The van der Waals surface area contributed by atoms with Gasteiger partial charge in [-0.3, -0.25) is 4.57 Å². The van der Waals surface area contributed by atoms with Gasteiger partial charge in [0.15, 0.2) is 11.0 Å². The quantitative estimate of drug-likeness (QED) is 0.469. The van der Waals surface area contributed by atoms with E-state index in [4.69, 9.17) is 8.94 Å². The summed E-state index contributed by atoms with van der Waals surface area (Å²) < 4.78 is 12.8. The zero-order valence-electron chi connectivity index (χ0n) is 14.5. The molecule has 7 heteroatoms. The highest BCUT2D eigenvalue weighted by Crippen LogP contribution is 2.28. The van der Waals surface area contributed by atoms with Crippen molar-refractivity contribution in [3.05, 3.63) is 71.5 Å². The molecule has 3 heterocycles. The van der Waals surface area contributed by atoms with Gasteiger partial charge in [-0.1, -0.05) is 41.2 Å². The summed E-state index contributed by atoms with van der Waals surface area (Å²) in [6, 6.07) is 13.9. The summed E-state index contributed by atoms with van der Waals surface area (Å²) in [6.45, 7) is 4.53. The molecule has 0 aliphatic rings. The molecule has 0 saturated heterocycles. The maximum absolute atomic E-state index is 5.54. The Morgan fingerprint density at radius 1 is 1.08 bits per heavy atom. The Balaban J connectivity index is 1.68. The van der Waals surface area contributed by atoms with Crippen LogP contribution in [-0.4, -0.2) is 19.9 Å². The Hall–Kier alpha value is -2.80. The molecule has 4 rings (SSSR count). The van der Waals surface area contributed by atoms with E-state index in [1.165, 1.54) is 0 Å². The molecule has 0 atom stereocenters. The van der Waals surface area contributed by atoms with Crippen LogP contribution in [0.3, 0.4) is 0 Å². The predicted octanol–water partition coefficient (Wildman–Crippen LogP) is 4.48. The van der Waals surface area contributed by atoms with E-state index in [9.17, 15) is 0 Å². The van der Waals surface area contributed by atoms with E-state index in [-0.39, 0.29) is 0 Å². The molecule has 6 nitrogen and oxygen atoms in total. The van der Waals surface area contributed by atoms with Crippen LogP contribution in [0.1, 0.15) is 22.8 Å². The van der Waals surface area contributed by atoms with Gasteiger partial charge in [0.1, 0.15) is 11.5 Å². The number of aryl methyl sites for hydroxylation is 2. The highest BCUT2D eigenvalue weighted by atomic mass is 32.2. The molecular weight excluding hydrogens is 348 g/mol. The second-order valence-electron chi connectivity index (χ2n) is 6.00. The lowest BCUT2D eigenvalue weighted by Crippen LogP contribution is -2.04. The Labute approximate surface area is 155 Å². The van der Waals surface area contributed by atoms with Crippen molar-refractivity contribution in [1.82, 2.24) is 19.9 Å². The molecule has 132 valence electrons. The number of nitrogens with zero attached hydrogens (tertiary/aromatic N) is 4. The fourth-order valence-corrected chi connectivity index (χ4v) is 3.56. The fourth-order valence-electron chi connectivity index (χ4n) is 2.74. The van der Waals surface area contributed by atoms with Gasteiger partial charge in [0.05, 0.1) is 18.5 Å². The third-order valence-electron chi connectivity index (χ3n) is 4.02. The summed E-state index contributed by atoms with van der Waals surface area (Å²) in [6.07, 6.45) is 1.68. The minimum absolute atomic E-state index is 0.573. The van der Waals surface area contributed by atoms with E-state index in [1.54, 1.807) is 18.0 Å². The van der Waals surface area contributed by atoms with Gasteiger partial charge in [-0.25, -0.2) is 0 Å². The van der Waals surface area contributed by atoms with Crippen LogP contribution in [-0.2, 0) is 12.3 Å². The van der Waals surface area contributed by atoms with E-state index in [2.05, 4.69) is 39.0 Å². The van der Waals surface area contributed by atoms with Crippen molar-refractivity contribution in [2.75, 3.05) is 0 Å². The number of furan rings is 1. The minimum atomic E-state index is 0.573. The Bertz CT molecular complexity index is 1000. The molecule has 0 unspecified atom stereocenters. The van der Waals surface area contributed by atoms with Crippen molar-refractivity contribution in [3.8, 4) is 11.4 Å². The molecule has 0 aliphatic carbocycles. The first kappa shape index (κ1) is 16.7. The van der Waals surface area contributed by atoms with Crippen LogP contribution >= 0.6 is 11.8 Å². The van der Waals surface area contributed by atoms with E-state index in [0.717, 1.165) is 39.3 Å². The van der Waals surface area contributed by atoms with Crippen LogP contribution in [0.15, 0.2) is 62.8 Å². The van der Waals surface area contributed by atoms with Gasteiger partial charge in [-0.2, -0.15) is 0 Å². The van der Waals surface area contributed by atoms with Crippen molar-refractivity contribution in [2.24, 2.45) is 0 Å². The second kappa shape index (κ2) is 7.21. The van der Waals surface area contributed by atoms with E-state index < -0.39 is 0 Å². The molecule has 0 aliphatic heterocycles. The summed E-state index contributed by atoms with van der Waals surface area (Å²) in [5.74, 6) is 3.16. The van der Waals surface area contributed by atoms with Crippen molar-refractivity contribution in [1.29, 1.82) is 0 Å². The molecule has 26 heavy (non-hydrogen) atoms. The molecule has 3 aromatic heterocycles. The number of benzene rings is 1. The van der Waals surface area contributed by atoms with Crippen LogP contribution in [0, 0.1) is 13.8 Å². The van der Waals surface area contributed by atoms with E-state index in [1.807, 2.05) is 37.3 Å². The zero-order valence-corrected chi connectivity index (χ0v) is 15.4. The van der Waals surface area contributed by atoms with Crippen LogP contribution < -0.4 is 0 Å². The van der Waals surface area contributed by atoms with Crippen LogP contribution in [0.5, 0.6) is 0 Å². The number of rotatable bonds is 6. The third-order valence-corrected chi connectivity index (χ3v) is 5.02. The lowest BCUT2D eigenvalue weighted by Gasteiger charge is -2.10. The Morgan fingerprint density at radius 3 is 2.69 bits per heavy atom. The molecule has 1 aromatic carbocycles. The van der Waals surface area contributed by atoms with Crippen LogP contribution in [0.2, 0.25) is 0 Å². The predicted molar refractivity (Wildman–Crippen MR) is 98.8 cm³/mol. The molecule has 0 amide bonds. The normalized spacial score (nSPS) is 11.2. The van der Waals surface area contributed by atoms with Gasteiger partial charge in [-0.05, 0) is 31.5 Å². The van der Waals surface area contributed by atoms with Gasteiger partial charge >= 0.3 is 0 Å². The largest absolute Gasteiger partial charge is 0.467 e. The second-order valence-corrected chi connectivity index (χ2v) is 6.95. The summed E-state index contributed by atoms with van der Waals surface area (Å²) in [7, 11) is 0. The number of hydrogen-bond acceptors (Lipinski definition) is 6. The van der Waals surface area contributed by atoms with Gasteiger partial charge in [-0.15, -0.1) is 10.2 Å². The molecular formula is C19H18N4O2S. The van der Waals surface area contributed by atoms with Crippen molar-refractivity contribution in [3.63, 3.8) is 0 Å². The minimum Gasteiger partial charge on any atom is -0.467 e. The average Bonchev–Trinajstić information content (AvgIpc) is 3.37. The smallest absolute Gasteiger partial charge is 0.192 e. The van der Waals surface area contributed by atoms with Crippen molar-refractivity contribution in [2.45, 2.75) is 31.3 Å². The monoisotopic (exact) mass is 366 g/mol. The van der Waals surface area contributed by atoms with Gasteiger partial charge in [0, 0.05) is 17.4 Å². The molecule has 0 saturated carbocycles. The van der Waals surface area contributed by atoms with Crippen molar-refractivity contribution >= 4 is 11.8 Å². The number of hydrogen-bond donors (Lipinski definition) is 0. The van der Waals surface area contributed by atoms with Crippen LogP contribution in [0.25, 0.3) is 11.4 Å². The molecule has 4 aromatic rings. The standard InChI is InChI=1S/C19H18N4O2S/c1-13-6-3-4-8-17(13)18-20-21-19(23(18)11-16-7-5-9-24-16)26-12-15-10-14(2)25-22-15/h3-10H,11-12H2,1-2H3. The molecule has 0 radical (unpaired) electrons. The summed E-state index contributed by atoms with van der Waals surface area (Å²) in [5.41, 5.74) is 3.11. The molecule has 0 spiro atoms. The summed E-state index contributed by atoms with van der Waals surface area (Å²) in [4.78, 5) is 0. The first-order chi connectivity index (χ1) is 12.7. The Morgan fingerprint density at radius 2 is 1.96 bits per heavy atom. The molecule has 0 fully saturated rings. The average molecular weight is 366 g/mol. The first-order valence-electron chi connectivity index (χ1n) is 8.27. The first-order valence-corrected chi connectivity index (χ1v) is 9.26. The van der Waals surface area contributed by atoms with Crippen LogP contribution in [0.4, 0.5) is 0 Å². The summed E-state index contributed by atoms with van der Waals surface area (Å²) >= 11 is 1.58. The Kier molecular flexibility index (Phi) is 4.62. The maximum Gasteiger partial charge on any atom is 0.192 e. The molecule has 0 bridgehead atoms. The highest BCUT2D eigenvalue weighted by molar-refractivity contribution is 7.98. The third kappa shape index (κ3) is 3.43. The zero-order chi connectivity index (χ0) is 17.9. The van der Waals surface area contributed by atoms with E-state index in [0.29, 0.717) is 12.3 Å². The molecule has 0 N–H and O–H groups in total. The van der Waals surface area contributed by atoms with Gasteiger partial charge < -0.3 is 8.94 Å². The van der Waals surface area contributed by atoms with Gasteiger partial charge in [0.25, 0.3) is 0 Å². The highest BCUT2D eigenvalue weighted by Gasteiger charge is 2.17. The lowest BCUT2D eigenvalue weighted by atomic mass is 10.1. The number of aromatic nitrogens is 4. The van der Waals surface area contributed by atoms with Gasteiger partial charge in [0.2, 0.25) is 0 Å².